The van der Waals surface area contributed by atoms with Gasteiger partial charge in [0, 0.05) is 36.3 Å². The Morgan fingerprint density at radius 1 is 0.575 bits per heavy atom. The lowest BCUT2D eigenvalue weighted by molar-refractivity contribution is -0.153. The fourth-order valence-corrected chi connectivity index (χ4v) is 13.8. The van der Waals surface area contributed by atoms with Gasteiger partial charge in [-0.3, -0.25) is 0 Å². The Morgan fingerprint density at radius 3 is 1.62 bits per heavy atom. The zero-order valence-electron chi connectivity index (χ0n) is 40.7. The average Bonchev–Trinajstić information content (AvgIpc) is 4.08. The van der Waals surface area contributed by atoms with E-state index in [4.69, 9.17) is 18.9 Å². The minimum atomic E-state index is -4.39. The maximum absolute atomic E-state index is 12.9. The molecule has 20 heteroatoms. The Morgan fingerprint density at radius 2 is 1.08 bits per heavy atom. The number of alkyl halides is 5. The Hall–Kier alpha value is -4.73. The van der Waals surface area contributed by atoms with E-state index < -0.39 is 39.4 Å². The average molecular weight is 1060 g/mol. The molecule has 13 nitrogen and oxygen atoms in total. The number of hydrogen-bond acceptors (Lipinski definition) is 11. The minimum Gasteiger partial charge on any atom is -0.490 e. The van der Waals surface area contributed by atoms with E-state index in [-0.39, 0.29) is 46.1 Å². The van der Waals surface area contributed by atoms with Crippen LogP contribution in [0.25, 0.3) is 0 Å². The smallest absolute Gasteiger partial charge is 0.422 e. The largest absolute Gasteiger partial charge is 0.490 e. The molecule has 4 aromatic carbocycles. The number of hydrogen-bond donors (Lipinski definition) is 2. The molecule has 0 bridgehead atoms. The van der Waals surface area contributed by atoms with Crippen LogP contribution in [0.1, 0.15) is 113 Å². The molecule has 5 fully saturated rings. The molecule has 0 unspecified atom stereocenters. The molecule has 0 spiro atoms. The maximum atomic E-state index is 12.9. The number of benzene rings is 4. The second-order valence-electron chi connectivity index (χ2n) is 20.0. The molecule has 3 heterocycles. The van der Waals surface area contributed by atoms with Crippen molar-refractivity contribution in [3.8, 4) is 28.7 Å². The quantitative estimate of drug-likeness (QED) is 0.104. The summed E-state index contributed by atoms with van der Waals surface area (Å²) in [5.74, 6) is 2.90. The Labute approximate surface area is 425 Å². The van der Waals surface area contributed by atoms with Crippen LogP contribution in [0.5, 0.6) is 28.7 Å². The van der Waals surface area contributed by atoms with Crippen LogP contribution in [0.3, 0.4) is 0 Å². The van der Waals surface area contributed by atoms with Crippen LogP contribution < -0.4 is 33.1 Å². The SMILES string of the molecule is O=S(=O)(NC1CCC(N2CCC(c3ccccc3OC3CC3)CC2)CC1)c1ccc2c(c1)OCO2.O=S(=O)(NC1CCC(N2CCC(c3ccccc3OCC(F)(F)F)CC2)CC1)c1cccc(OC(F)F)c1. The van der Waals surface area contributed by atoms with Gasteiger partial charge in [-0.15, -0.1) is 0 Å². The zero-order valence-corrected chi connectivity index (χ0v) is 42.3. The van der Waals surface area contributed by atoms with Crippen LogP contribution in [0, 0.1) is 0 Å². The maximum Gasteiger partial charge on any atom is 0.422 e. The van der Waals surface area contributed by atoms with Gasteiger partial charge in [0.2, 0.25) is 26.8 Å². The van der Waals surface area contributed by atoms with Crippen LogP contribution in [0.4, 0.5) is 22.0 Å². The van der Waals surface area contributed by atoms with Crippen molar-refractivity contribution in [2.45, 2.75) is 155 Å². The molecule has 0 radical (unpaired) electrons. The number of likely N-dealkylation sites (tertiary alicyclic amines) is 2. The van der Waals surface area contributed by atoms with Crippen molar-refractivity contribution in [2.75, 3.05) is 39.6 Å². The zero-order chi connectivity index (χ0) is 51.2. The molecule has 398 valence electrons. The molecular weight excluding hydrogens is 996 g/mol. The summed E-state index contributed by atoms with van der Waals surface area (Å²) in [5.41, 5.74) is 2.18. The van der Waals surface area contributed by atoms with E-state index in [1.54, 1.807) is 30.3 Å². The molecule has 3 aliphatic heterocycles. The summed E-state index contributed by atoms with van der Waals surface area (Å²) in [4.78, 5) is 5.12. The molecule has 3 saturated carbocycles. The highest BCUT2D eigenvalue weighted by Crippen LogP contribution is 2.40. The number of piperidine rings is 2. The number of rotatable bonds is 16. The summed E-state index contributed by atoms with van der Waals surface area (Å²) in [6.45, 7) is -0.425. The predicted molar refractivity (Wildman–Crippen MR) is 264 cm³/mol. The number of nitrogens with one attached hydrogen (secondary N) is 2. The number of sulfonamides is 2. The first kappa shape index (κ1) is 53.1. The number of fused-ring (bicyclic) bond motifs is 1. The van der Waals surface area contributed by atoms with Crippen LogP contribution >= 0.6 is 0 Å². The molecule has 73 heavy (non-hydrogen) atoms. The first-order chi connectivity index (χ1) is 35.0. The van der Waals surface area contributed by atoms with Crippen LogP contribution in [0.2, 0.25) is 0 Å². The van der Waals surface area contributed by atoms with Gasteiger partial charge in [0.1, 0.15) is 17.2 Å². The van der Waals surface area contributed by atoms with Crippen molar-refractivity contribution in [1.82, 2.24) is 19.2 Å². The highest BCUT2D eigenvalue weighted by molar-refractivity contribution is 7.89. The van der Waals surface area contributed by atoms with Gasteiger partial charge in [-0.05, 0) is 175 Å². The van der Waals surface area contributed by atoms with Gasteiger partial charge < -0.3 is 33.5 Å². The van der Waals surface area contributed by atoms with E-state index in [0.717, 1.165) is 108 Å². The third-order valence-corrected chi connectivity index (χ3v) is 18.1. The van der Waals surface area contributed by atoms with Gasteiger partial charge in [0.25, 0.3) is 0 Å². The summed E-state index contributed by atoms with van der Waals surface area (Å²) in [5, 5.41) is 0. The Kier molecular flexibility index (Phi) is 17.1. The topological polar surface area (TPSA) is 145 Å². The van der Waals surface area contributed by atoms with E-state index >= 15 is 0 Å². The monoisotopic (exact) mass is 1060 g/mol. The first-order valence-corrected chi connectivity index (χ1v) is 28.5. The van der Waals surface area contributed by atoms with Gasteiger partial charge in [0.05, 0.1) is 15.9 Å². The molecule has 10 rings (SSSR count). The Balaban J connectivity index is 0.000000180. The second kappa shape index (κ2) is 23.4. The molecule has 0 amide bonds. The standard InChI is InChI=1S/C27H34N2O5S.C26H31F5N2O4S/c30-35(31,23-11-12-26-27(17-23)33-18-32-26)28-20-5-7-21(8-6-20)29-15-13-19(14-16-29)24-3-1-2-4-25(24)34-22-9-10-22;27-25(28)37-21-4-3-5-22(16-21)38(34,35)32-19-8-10-20(11-9-19)33-14-12-18(13-15-33)23-6-1-2-7-24(23)36-17-26(29,30)31/h1-4,11-12,17,19-22,28H,5-10,13-16,18H2;1-7,16,18-20,25,32H,8-15,17H2. The van der Waals surface area contributed by atoms with Gasteiger partial charge >= 0.3 is 12.8 Å². The van der Waals surface area contributed by atoms with E-state index in [0.29, 0.717) is 48.4 Å². The molecule has 2 N–H and O–H groups in total. The van der Waals surface area contributed by atoms with Crippen LogP contribution in [-0.4, -0.2) is 109 Å². The lowest BCUT2D eigenvalue weighted by atomic mass is 9.85. The van der Waals surface area contributed by atoms with Crippen molar-refractivity contribution in [1.29, 1.82) is 0 Å². The van der Waals surface area contributed by atoms with Crippen molar-refractivity contribution in [3.05, 3.63) is 102 Å². The summed E-state index contributed by atoms with van der Waals surface area (Å²) < 4.78 is 146. The van der Waals surface area contributed by atoms with E-state index in [1.165, 1.54) is 36.6 Å². The highest BCUT2D eigenvalue weighted by Gasteiger charge is 2.36. The molecule has 3 aliphatic carbocycles. The van der Waals surface area contributed by atoms with Gasteiger partial charge in [-0.25, -0.2) is 26.3 Å². The third-order valence-electron chi connectivity index (χ3n) is 15.1. The summed E-state index contributed by atoms with van der Waals surface area (Å²) >= 11 is 0. The van der Waals surface area contributed by atoms with Crippen molar-refractivity contribution in [2.24, 2.45) is 0 Å². The molecule has 0 atom stereocenters. The van der Waals surface area contributed by atoms with Gasteiger partial charge in [-0.1, -0.05) is 42.5 Å². The molecule has 6 aliphatic rings. The van der Waals surface area contributed by atoms with E-state index in [2.05, 4.69) is 48.2 Å². The minimum absolute atomic E-state index is 0.0225. The van der Waals surface area contributed by atoms with E-state index in [9.17, 15) is 38.8 Å². The number of para-hydroxylation sites is 2. The van der Waals surface area contributed by atoms with Crippen molar-refractivity contribution in [3.63, 3.8) is 0 Å². The van der Waals surface area contributed by atoms with Gasteiger partial charge in [0.15, 0.2) is 18.1 Å². The predicted octanol–water partition coefficient (Wildman–Crippen LogP) is 10.1. The fraction of sp³-hybridized carbons (Fsp3) is 0.547. The Bertz CT molecular complexity index is 2680. The molecule has 0 aromatic heterocycles. The molecule has 2 saturated heterocycles. The molecular formula is C53H65F5N4O9S2. The normalized spacial score (nSPS) is 23.6. The van der Waals surface area contributed by atoms with E-state index in [1.807, 2.05) is 12.1 Å². The summed E-state index contributed by atoms with van der Waals surface area (Å²) in [6, 6.07) is 25.9. The number of nitrogens with zero attached hydrogens (tertiary/aromatic N) is 2. The van der Waals surface area contributed by atoms with Crippen LogP contribution in [-0.2, 0) is 20.0 Å². The van der Waals surface area contributed by atoms with Crippen molar-refractivity contribution < 1.29 is 62.5 Å². The number of halogens is 5. The van der Waals surface area contributed by atoms with Crippen LogP contribution in [0.15, 0.2) is 101 Å². The number of ether oxygens (including phenoxy) is 5. The fourth-order valence-electron chi connectivity index (χ4n) is 11.1. The van der Waals surface area contributed by atoms with Gasteiger partial charge in [-0.2, -0.15) is 22.0 Å². The van der Waals surface area contributed by atoms with Crippen molar-refractivity contribution >= 4 is 20.0 Å². The molecule has 4 aromatic rings. The third kappa shape index (κ3) is 14.4. The lowest BCUT2D eigenvalue weighted by Gasteiger charge is -2.41. The second-order valence-corrected chi connectivity index (χ2v) is 23.5. The summed E-state index contributed by atoms with van der Waals surface area (Å²) in [6.07, 6.45) is 9.00. The lowest BCUT2D eigenvalue weighted by Crippen LogP contribution is -2.46. The highest BCUT2D eigenvalue weighted by atomic mass is 32.2. The summed E-state index contributed by atoms with van der Waals surface area (Å²) in [7, 11) is -7.47. The first-order valence-electron chi connectivity index (χ1n) is 25.6.